The van der Waals surface area contributed by atoms with Gasteiger partial charge in [-0.1, -0.05) is 56.0 Å². The summed E-state index contributed by atoms with van der Waals surface area (Å²) in [6.07, 6.45) is 15.5. The Morgan fingerprint density at radius 1 is 1.26 bits per heavy atom. The minimum Gasteiger partial charge on any atom is -0.256 e. The molecule has 0 aliphatic heterocycles. The molecule has 0 spiro atoms. The average Bonchev–Trinajstić information content (AvgIpc) is 3.00. The lowest BCUT2D eigenvalue weighted by Gasteiger charge is -2.31. The van der Waals surface area contributed by atoms with E-state index in [2.05, 4.69) is 31.7 Å². The van der Waals surface area contributed by atoms with E-state index >= 15 is 0 Å². The zero-order valence-electron chi connectivity index (χ0n) is 16.1. The number of rotatable bonds is 4. The Hall–Kier alpha value is -1.38. The summed E-state index contributed by atoms with van der Waals surface area (Å²) in [5, 5.41) is 2.79. The lowest BCUT2D eigenvalue weighted by Crippen LogP contribution is -2.19. The largest absolute Gasteiger partial charge is 0.256 e. The van der Waals surface area contributed by atoms with Crippen LogP contribution >= 0.6 is 22.9 Å². The Morgan fingerprint density at radius 3 is 2.89 bits per heavy atom. The van der Waals surface area contributed by atoms with Crippen molar-refractivity contribution in [3.05, 3.63) is 58.2 Å². The van der Waals surface area contributed by atoms with Crippen LogP contribution in [-0.4, -0.2) is 4.98 Å². The number of allylic oxidation sites excluding steroid dienone is 2. The van der Waals surface area contributed by atoms with Gasteiger partial charge in [0.25, 0.3) is 0 Å². The molecule has 0 radical (unpaired) electrons. The Morgan fingerprint density at radius 2 is 2.11 bits per heavy atom. The molecule has 0 amide bonds. The number of nitrogens with zero attached hydrogens (tertiary/aromatic N) is 1. The molecular formula is C24H28ClNS. The van der Waals surface area contributed by atoms with Crippen LogP contribution in [0.25, 0.3) is 16.5 Å². The fraction of sp³-hybridized carbons (Fsp3) is 0.458. The van der Waals surface area contributed by atoms with E-state index in [1.807, 2.05) is 17.6 Å². The summed E-state index contributed by atoms with van der Waals surface area (Å²) in [5.41, 5.74) is 5.13. The van der Waals surface area contributed by atoms with Gasteiger partial charge >= 0.3 is 0 Å². The summed E-state index contributed by atoms with van der Waals surface area (Å²) in [4.78, 5) is 5.93. The molecule has 0 saturated heterocycles. The van der Waals surface area contributed by atoms with E-state index in [1.54, 1.807) is 11.3 Å². The zero-order valence-corrected chi connectivity index (χ0v) is 17.7. The Labute approximate surface area is 172 Å². The van der Waals surface area contributed by atoms with Crippen LogP contribution in [0.2, 0.25) is 5.02 Å². The number of aromatic nitrogens is 1. The average molecular weight is 398 g/mol. The van der Waals surface area contributed by atoms with Gasteiger partial charge in [-0.25, -0.2) is 0 Å². The monoisotopic (exact) mass is 397 g/mol. The second-order valence-corrected chi connectivity index (χ2v) is 9.63. The quantitative estimate of drug-likeness (QED) is 0.479. The predicted molar refractivity (Wildman–Crippen MR) is 118 cm³/mol. The van der Waals surface area contributed by atoms with E-state index in [0.717, 1.165) is 35.4 Å². The van der Waals surface area contributed by atoms with Crippen LogP contribution < -0.4 is 0 Å². The minimum absolute atomic E-state index is 0.584. The first-order chi connectivity index (χ1) is 13.1. The number of hydrogen-bond donors (Lipinski definition) is 0. The Kier molecular flexibility index (Phi) is 5.85. The van der Waals surface area contributed by atoms with Crippen LogP contribution in [0.4, 0.5) is 0 Å². The van der Waals surface area contributed by atoms with E-state index in [9.17, 15) is 0 Å². The summed E-state index contributed by atoms with van der Waals surface area (Å²) in [6, 6.07) is 4.33. The van der Waals surface area contributed by atoms with Crippen LogP contribution in [0.3, 0.4) is 0 Å². The maximum Gasteiger partial charge on any atom is 0.0659 e. The van der Waals surface area contributed by atoms with E-state index in [1.165, 1.54) is 53.7 Å². The van der Waals surface area contributed by atoms with E-state index in [-0.39, 0.29) is 0 Å². The van der Waals surface area contributed by atoms with Gasteiger partial charge in [0.15, 0.2) is 0 Å². The third kappa shape index (κ3) is 4.38. The highest BCUT2D eigenvalue weighted by atomic mass is 35.5. The molecule has 2 aliphatic carbocycles. The maximum absolute atomic E-state index is 6.09. The third-order valence-corrected chi connectivity index (χ3v) is 7.65. The summed E-state index contributed by atoms with van der Waals surface area (Å²) in [7, 11) is 0. The van der Waals surface area contributed by atoms with Gasteiger partial charge < -0.3 is 0 Å². The molecule has 2 aromatic heterocycles. The van der Waals surface area contributed by atoms with Crippen molar-refractivity contribution in [3.8, 4) is 10.4 Å². The van der Waals surface area contributed by atoms with Gasteiger partial charge in [0.05, 0.1) is 10.7 Å². The topological polar surface area (TPSA) is 12.9 Å². The van der Waals surface area contributed by atoms with Gasteiger partial charge in [-0.05, 0) is 67.2 Å². The van der Waals surface area contributed by atoms with Crippen molar-refractivity contribution in [1.82, 2.24) is 4.98 Å². The molecule has 1 saturated carbocycles. The van der Waals surface area contributed by atoms with Crippen LogP contribution in [0.5, 0.6) is 0 Å². The number of hydrogen-bond acceptors (Lipinski definition) is 2. The molecule has 3 atom stereocenters. The fourth-order valence-corrected chi connectivity index (χ4v) is 5.77. The van der Waals surface area contributed by atoms with E-state index < -0.39 is 0 Å². The number of aryl methyl sites for hydroxylation is 1. The zero-order chi connectivity index (χ0) is 18.8. The standard InChI is InChI=1S/C24H28ClNS/c1-16-5-3-4-6-22(16)17(2)11-18-7-9-19-12-20(14-26-23(19)10-8-18)24-13-21(25)15-27-24/h8,10,12-16,18,22H,2-7,9,11H2,1H3. The molecule has 1 fully saturated rings. The number of fused-ring (bicyclic) bond motifs is 1. The highest BCUT2D eigenvalue weighted by molar-refractivity contribution is 7.14. The van der Waals surface area contributed by atoms with Gasteiger partial charge in [0.1, 0.15) is 0 Å². The highest BCUT2D eigenvalue weighted by Gasteiger charge is 2.25. The number of thiophene rings is 1. The Balaban J connectivity index is 1.44. The smallest absolute Gasteiger partial charge is 0.0659 e. The maximum atomic E-state index is 6.09. The molecule has 0 aromatic carbocycles. The summed E-state index contributed by atoms with van der Waals surface area (Å²) >= 11 is 7.77. The third-order valence-electron chi connectivity index (χ3n) is 6.32. The van der Waals surface area contributed by atoms with Crippen LogP contribution in [0, 0.1) is 17.8 Å². The first-order valence-electron chi connectivity index (χ1n) is 10.2. The van der Waals surface area contributed by atoms with Gasteiger partial charge in [-0.2, -0.15) is 0 Å². The van der Waals surface area contributed by atoms with Crippen molar-refractivity contribution in [1.29, 1.82) is 0 Å². The van der Waals surface area contributed by atoms with E-state index in [0.29, 0.717) is 5.92 Å². The number of pyridine rings is 1. The molecule has 0 N–H and O–H groups in total. The van der Waals surface area contributed by atoms with E-state index in [4.69, 9.17) is 16.6 Å². The molecule has 27 heavy (non-hydrogen) atoms. The summed E-state index contributed by atoms with van der Waals surface area (Å²) < 4.78 is 0. The van der Waals surface area contributed by atoms with Crippen LogP contribution in [0.15, 0.2) is 41.9 Å². The summed E-state index contributed by atoms with van der Waals surface area (Å²) in [5.74, 6) is 2.12. The van der Waals surface area contributed by atoms with Crippen molar-refractivity contribution in [2.24, 2.45) is 17.8 Å². The SMILES string of the molecule is C=C(CC1C=Cc2ncc(-c3cc(Cl)cs3)cc2CC1)C1CCCCC1C. The molecule has 2 aliphatic rings. The summed E-state index contributed by atoms with van der Waals surface area (Å²) in [6.45, 7) is 6.91. The lowest BCUT2D eigenvalue weighted by atomic mass is 9.74. The Bertz CT molecular complexity index is 850. The molecule has 4 rings (SSSR count). The van der Waals surface area contributed by atoms with Crippen molar-refractivity contribution in [2.75, 3.05) is 0 Å². The molecular weight excluding hydrogens is 370 g/mol. The normalized spacial score (nSPS) is 25.0. The minimum atomic E-state index is 0.584. The van der Waals surface area contributed by atoms with Crippen molar-refractivity contribution in [3.63, 3.8) is 0 Å². The van der Waals surface area contributed by atoms with Gasteiger partial charge in [0, 0.05) is 22.0 Å². The first-order valence-corrected chi connectivity index (χ1v) is 11.4. The number of halogens is 1. The van der Waals surface area contributed by atoms with Crippen molar-refractivity contribution < 1.29 is 0 Å². The van der Waals surface area contributed by atoms with Gasteiger partial charge in [-0.15, -0.1) is 11.3 Å². The second kappa shape index (κ2) is 8.32. The lowest BCUT2D eigenvalue weighted by molar-refractivity contribution is 0.284. The molecule has 3 unspecified atom stereocenters. The van der Waals surface area contributed by atoms with Crippen LogP contribution in [0.1, 0.15) is 56.7 Å². The molecule has 2 aromatic rings. The fourth-order valence-electron chi connectivity index (χ4n) is 4.72. The highest BCUT2D eigenvalue weighted by Crippen LogP contribution is 2.38. The van der Waals surface area contributed by atoms with Crippen LogP contribution in [-0.2, 0) is 6.42 Å². The first kappa shape index (κ1) is 19.0. The molecule has 2 heterocycles. The van der Waals surface area contributed by atoms with Gasteiger partial charge in [0.2, 0.25) is 0 Å². The molecule has 142 valence electrons. The van der Waals surface area contributed by atoms with Crippen molar-refractivity contribution >= 4 is 29.0 Å². The predicted octanol–water partition coefficient (Wildman–Crippen LogP) is 7.81. The molecule has 0 bridgehead atoms. The van der Waals surface area contributed by atoms with Gasteiger partial charge in [-0.3, -0.25) is 4.98 Å². The molecule has 3 heteroatoms. The molecule has 1 nitrogen and oxygen atoms in total. The second-order valence-electron chi connectivity index (χ2n) is 8.29. The van der Waals surface area contributed by atoms with Crippen molar-refractivity contribution in [2.45, 2.75) is 51.9 Å².